The van der Waals surface area contributed by atoms with Crippen LogP contribution in [0.4, 0.5) is 5.69 Å². The number of ether oxygens (including phenoxy) is 1. The van der Waals surface area contributed by atoms with Crippen LogP contribution in [0.3, 0.4) is 0 Å². The Kier molecular flexibility index (Phi) is 4.55. The van der Waals surface area contributed by atoms with Gasteiger partial charge in [0.2, 0.25) is 0 Å². The second-order valence-corrected chi connectivity index (χ2v) is 4.87. The highest BCUT2D eigenvalue weighted by molar-refractivity contribution is 5.45. The maximum absolute atomic E-state index is 10.8. The van der Waals surface area contributed by atoms with E-state index in [0.717, 1.165) is 11.1 Å². The smallest absolute Gasteiger partial charge is 0.270 e. The Morgan fingerprint density at radius 3 is 2.62 bits per heavy atom. The highest BCUT2D eigenvalue weighted by Gasteiger charge is 2.15. The van der Waals surface area contributed by atoms with Crippen LogP contribution in [0.15, 0.2) is 42.5 Å². The number of nitro groups is 1. The van der Waals surface area contributed by atoms with Gasteiger partial charge in [-0.25, -0.2) is 0 Å². The van der Waals surface area contributed by atoms with E-state index in [0.29, 0.717) is 17.9 Å². The molecule has 1 unspecified atom stereocenters. The molecule has 0 aliphatic rings. The summed E-state index contributed by atoms with van der Waals surface area (Å²) in [5.41, 5.74) is 2.50. The van der Waals surface area contributed by atoms with Gasteiger partial charge in [0.25, 0.3) is 5.69 Å². The molecule has 0 aliphatic carbocycles. The van der Waals surface area contributed by atoms with Gasteiger partial charge in [0, 0.05) is 17.7 Å². The molecule has 0 bridgehead atoms. The predicted octanol–water partition coefficient (Wildman–Crippen LogP) is 3.54. The van der Waals surface area contributed by atoms with Crippen LogP contribution >= 0.6 is 0 Å². The monoisotopic (exact) mass is 287 g/mol. The van der Waals surface area contributed by atoms with E-state index in [1.54, 1.807) is 6.92 Å². The number of hydrogen-bond donors (Lipinski definition) is 1. The number of hydrogen-bond acceptors (Lipinski definition) is 4. The standard InChI is InChI=1S/C16H17NO4/c1-11-5-3-4-6-13(11)10-21-16-8-7-14(17(19)20)9-15(16)12(2)18/h3-9,12,18H,10H2,1-2H3. The van der Waals surface area contributed by atoms with E-state index in [-0.39, 0.29) is 5.69 Å². The average molecular weight is 287 g/mol. The van der Waals surface area contributed by atoms with Gasteiger partial charge in [-0.15, -0.1) is 0 Å². The van der Waals surface area contributed by atoms with Crippen molar-refractivity contribution in [3.63, 3.8) is 0 Å². The highest BCUT2D eigenvalue weighted by atomic mass is 16.6. The quantitative estimate of drug-likeness (QED) is 0.674. The minimum atomic E-state index is -0.836. The molecule has 0 aliphatic heterocycles. The lowest BCUT2D eigenvalue weighted by atomic mass is 10.1. The molecule has 2 aromatic carbocycles. The van der Waals surface area contributed by atoms with E-state index in [4.69, 9.17) is 4.74 Å². The van der Waals surface area contributed by atoms with Gasteiger partial charge in [-0.1, -0.05) is 24.3 Å². The second kappa shape index (κ2) is 6.37. The molecule has 5 heteroatoms. The van der Waals surface area contributed by atoms with E-state index < -0.39 is 11.0 Å². The van der Waals surface area contributed by atoms with Gasteiger partial charge >= 0.3 is 0 Å². The Hall–Kier alpha value is -2.40. The van der Waals surface area contributed by atoms with Gasteiger partial charge in [-0.3, -0.25) is 10.1 Å². The van der Waals surface area contributed by atoms with Crippen molar-refractivity contribution in [2.75, 3.05) is 0 Å². The summed E-state index contributed by atoms with van der Waals surface area (Å²) in [6.45, 7) is 3.90. The maximum Gasteiger partial charge on any atom is 0.270 e. The van der Waals surface area contributed by atoms with E-state index in [1.165, 1.54) is 18.2 Å². The summed E-state index contributed by atoms with van der Waals surface area (Å²) in [4.78, 5) is 10.3. The molecule has 110 valence electrons. The number of benzene rings is 2. The number of aliphatic hydroxyl groups is 1. The molecule has 1 N–H and O–H groups in total. The fourth-order valence-corrected chi connectivity index (χ4v) is 2.03. The normalized spacial score (nSPS) is 12.0. The first-order valence-electron chi connectivity index (χ1n) is 6.62. The Labute approximate surface area is 123 Å². The summed E-state index contributed by atoms with van der Waals surface area (Å²) >= 11 is 0. The van der Waals surface area contributed by atoms with Crippen molar-refractivity contribution in [2.45, 2.75) is 26.6 Å². The largest absolute Gasteiger partial charge is 0.489 e. The van der Waals surface area contributed by atoms with Crippen LogP contribution in [0.25, 0.3) is 0 Å². The van der Waals surface area contributed by atoms with E-state index in [1.807, 2.05) is 31.2 Å². The van der Waals surface area contributed by atoms with Crippen LogP contribution < -0.4 is 4.74 Å². The summed E-state index contributed by atoms with van der Waals surface area (Å²) in [5.74, 6) is 0.457. The van der Waals surface area contributed by atoms with E-state index >= 15 is 0 Å². The molecule has 0 spiro atoms. The van der Waals surface area contributed by atoms with Crippen molar-refractivity contribution in [2.24, 2.45) is 0 Å². The molecule has 0 amide bonds. The van der Waals surface area contributed by atoms with Crippen molar-refractivity contribution >= 4 is 5.69 Å². The SMILES string of the molecule is Cc1ccccc1COc1ccc([N+](=O)[O-])cc1C(C)O. The summed E-state index contributed by atoms with van der Waals surface area (Å²) in [5, 5.41) is 20.6. The lowest BCUT2D eigenvalue weighted by Crippen LogP contribution is -2.03. The Bertz CT molecular complexity index is 652. The molecular weight excluding hydrogens is 270 g/mol. The third-order valence-corrected chi connectivity index (χ3v) is 3.30. The van der Waals surface area contributed by atoms with Crippen molar-refractivity contribution in [1.29, 1.82) is 0 Å². The topological polar surface area (TPSA) is 72.6 Å². The van der Waals surface area contributed by atoms with Crippen molar-refractivity contribution < 1.29 is 14.8 Å². The fourth-order valence-electron chi connectivity index (χ4n) is 2.03. The van der Waals surface area contributed by atoms with Crippen LogP contribution in [0.1, 0.15) is 29.7 Å². The predicted molar refractivity (Wildman–Crippen MR) is 79.2 cm³/mol. The first kappa shape index (κ1) is 15.0. The summed E-state index contributed by atoms with van der Waals surface area (Å²) in [6, 6.07) is 12.1. The van der Waals surface area contributed by atoms with E-state index in [2.05, 4.69) is 0 Å². The number of nitro benzene ring substituents is 1. The molecule has 2 aromatic rings. The molecule has 0 aromatic heterocycles. The fraction of sp³-hybridized carbons (Fsp3) is 0.250. The molecule has 0 fully saturated rings. The van der Waals surface area contributed by atoms with Crippen LogP contribution in [-0.2, 0) is 6.61 Å². The van der Waals surface area contributed by atoms with Crippen LogP contribution in [0.2, 0.25) is 0 Å². The van der Waals surface area contributed by atoms with Gasteiger partial charge < -0.3 is 9.84 Å². The van der Waals surface area contributed by atoms with Crippen molar-refractivity contribution in [1.82, 2.24) is 0 Å². The second-order valence-electron chi connectivity index (χ2n) is 4.87. The van der Waals surface area contributed by atoms with Crippen LogP contribution in [-0.4, -0.2) is 10.0 Å². The Balaban J connectivity index is 2.23. The minimum absolute atomic E-state index is 0.0610. The Morgan fingerprint density at radius 1 is 1.29 bits per heavy atom. The van der Waals surface area contributed by atoms with Crippen LogP contribution in [0.5, 0.6) is 5.75 Å². The summed E-state index contributed by atoms with van der Waals surface area (Å²) < 4.78 is 5.72. The van der Waals surface area contributed by atoms with Gasteiger partial charge in [-0.05, 0) is 31.0 Å². The molecular formula is C16H17NO4. The zero-order valence-electron chi connectivity index (χ0n) is 11.9. The lowest BCUT2D eigenvalue weighted by Gasteiger charge is -2.14. The highest BCUT2D eigenvalue weighted by Crippen LogP contribution is 2.30. The summed E-state index contributed by atoms with van der Waals surface area (Å²) in [7, 11) is 0. The first-order chi connectivity index (χ1) is 9.99. The number of aryl methyl sites for hydroxylation is 1. The molecule has 21 heavy (non-hydrogen) atoms. The maximum atomic E-state index is 10.8. The zero-order chi connectivity index (χ0) is 15.4. The Morgan fingerprint density at radius 2 is 2.00 bits per heavy atom. The third kappa shape index (κ3) is 3.58. The zero-order valence-corrected chi connectivity index (χ0v) is 11.9. The number of non-ortho nitro benzene ring substituents is 1. The molecule has 0 saturated heterocycles. The number of aliphatic hydroxyl groups excluding tert-OH is 1. The van der Waals surface area contributed by atoms with E-state index in [9.17, 15) is 15.2 Å². The molecule has 5 nitrogen and oxygen atoms in total. The molecule has 0 saturated carbocycles. The minimum Gasteiger partial charge on any atom is -0.489 e. The summed E-state index contributed by atoms with van der Waals surface area (Å²) in [6.07, 6.45) is -0.836. The van der Waals surface area contributed by atoms with Gasteiger partial charge in [-0.2, -0.15) is 0 Å². The molecule has 2 rings (SSSR count). The third-order valence-electron chi connectivity index (χ3n) is 3.30. The molecule has 0 radical (unpaired) electrons. The van der Waals surface area contributed by atoms with Crippen LogP contribution in [0, 0.1) is 17.0 Å². The van der Waals surface area contributed by atoms with Crippen molar-refractivity contribution in [3.05, 3.63) is 69.3 Å². The van der Waals surface area contributed by atoms with Gasteiger partial charge in [0.15, 0.2) is 0 Å². The van der Waals surface area contributed by atoms with Gasteiger partial charge in [0.05, 0.1) is 11.0 Å². The molecule has 0 heterocycles. The van der Waals surface area contributed by atoms with Gasteiger partial charge in [0.1, 0.15) is 12.4 Å². The number of rotatable bonds is 5. The van der Waals surface area contributed by atoms with Crippen molar-refractivity contribution in [3.8, 4) is 5.75 Å². The lowest BCUT2D eigenvalue weighted by molar-refractivity contribution is -0.385. The number of nitrogens with zero attached hydrogens (tertiary/aromatic N) is 1. The average Bonchev–Trinajstić information content (AvgIpc) is 2.46. The first-order valence-corrected chi connectivity index (χ1v) is 6.62. The molecule has 1 atom stereocenters.